The van der Waals surface area contributed by atoms with Crippen LogP contribution in [-0.4, -0.2) is 26.8 Å². The summed E-state index contributed by atoms with van der Waals surface area (Å²) in [5, 5.41) is 6.99. The van der Waals surface area contributed by atoms with Crippen LogP contribution in [-0.2, 0) is 13.1 Å². The molecule has 0 fully saturated rings. The zero-order valence-corrected chi connectivity index (χ0v) is 13.9. The molecule has 1 aromatic carbocycles. The maximum atomic E-state index is 13.5. The van der Waals surface area contributed by atoms with E-state index >= 15 is 0 Å². The first-order valence-electron chi connectivity index (χ1n) is 8.27. The van der Waals surface area contributed by atoms with Gasteiger partial charge >= 0.3 is 0 Å². The predicted octanol–water partition coefficient (Wildman–Crippen LogP) is 3.05. The third-order valence-electron chi connectivity index (χ3n) is 4.17. The molecule has 0 saturated heterocycles. The van der Waals surface area contributed by atoms with Crippen molar-refractivity contribution in [3.8, 4) is 0 Å². The highest BCUT2D eigenvalue weighted by Crippen LogP contribution is 2.22. The second-order valence-electron chi connectivity index (χ2n) is 5.94. The van der Waals surface area contributed by atoms with Gasteiger partial charge in [-0.15, -0.1) is 0 Å². The Morgan fingerprint density at radius 3 is 2.96 bits per heavy atom. The lowest BCUT2D eigenvalue weighted by Crippen LogP contribution is -2.29. The lowest BCUT2D eigenvalue weighted by molar-refractivity contribution is 0.0943. The van der Waals surface area contributed by atoms with Crippen molar-refractivity contribution in [2.45, 2.75) is 13.1 Å². The Balaban J connectivity index is 1.56. The fourth-order valence-corrected chi connectivity index (χ4v) is 2.96. The van der Waals surface area contributed by atoms with Crippen molar-refractivity contribution < 1.29 is 13.6 Å². The number of fused-ring (bicyclic) bond motifs is 1. The fraction of sp³-hybridized carbons (Fsp3) is 0.158. The minimum Gasteiger partial charge on any atom is -0.463 e. The lowest BCUT2D eigenvalue weighted by atomic mass is 10.2. The Hall–Kier alpha value is -3.35. The van der Waals surface area contributed by atoms with Gasteiger partial charge in [0, 0.05) is 37.6 Å². The predicted molar refractivity (Wildman–Crippen MR) is 94.3 cm³/mol. The van der Waals surface area contributed by atoms with Gasteiger partial charge in [0.15, 0.2) is 5.58 Å². The molecule has 0 radical (unpaired) electrons. The maximum Gasteiger partial charge on any atom is 0.268 e. The first kappa shape index (κ1) is 16.1. The van der Waals surface area contributed by atoms with Gasteiger partial charge in [-0.2, -0.15) is 5.10 Å². The van der Waals surface area contributed by atoms with Crippen LogP contribution in [0.1, 0.15) is 16.1 Å². The first-order valence-corrected chi connectivity index (χ1v) is 8.27. The largest absolute Gasteiger partial charge is 0.463 e. The number of amides is 1. The van der Waals surface area contributed by atoms with Crippen LogP contribution in [0.2, 0.25) is 0 Å². The number of furan rings is 1. The Labute approximate surface area is 148 Å². The zero-order chi connectivity index (χ0) is 17.9. The van der Waals surface area contributed by atoms with Gasteiger partial charge in [0.05, 0.1) is 18.3 Å². The molecular formula is C19H17FN4O2. The maximum absolute atomic E-state index is 13.5. The molecule has 0 unspecified atom stereocenters. The molecule has 0 aliphatic heterocycles. The number of nitrogens with one attached hydrogen (secondary N) is 1. The summed E-state index contributed by atoms with van der Waals surface area (Å²) in [7, 11) is 0. The van der Waals surface area contributed by atoms with Crippen LogP contribution >= 0.6 is 0 Å². The molecule has 132 valence electrons. The number of halogens is 1. The van der Waals surface area contributed by atoms with E-state index < -0.39 is 0 Å². The Bertz CT molecular complexity index is 1030. The molecule has 0 aliphatic rings. The molecule has 3 aromatic heterocycles. The van der Waals surface area contributed by atoms with Crippen LogP contribution < -0.4 is 5.32 Å². The van der Waals surface area contributed by atoms with Crippen molar-refractivity contribution in [3.63, 3.8) is 0 Å². The molecule has 6 nitrogen and oxygen atoms in total. The summed E-state index contributed by atoms with van der Waals surface area (Å²) in [6, 6.07) is 11.7. The van der Waals surface area contributed by atoms with E-state index in [2.05, 4.69) is 10.4 Å². The number of hydrogen-bond acceptors (Lipinski definition) is 3. The van der Waals surface area contributed by atoms with Crippen molar-refractivity contribution >= 4 is 17.0 Å². The van der Waals surface area contributed by atoms with Crippen LogP contribution in [0.15, 0.2) is 65.5 Å². The van der Waals surface area contributed by atoms with Gasteiger partial charge in [-0.1, -0.05) is 12.1 Å². The molecule has 3 heterocycles. The van der Waals surface area contributed by atoms with Crippen LogP contribution in [0.25, 0.3) is 11.1 Å². The highest BCUT2D eigenvalue weighted by Gasteiger charge is 2.17. The van der Waals surface area contributed by atoms with E-state index in [9.17, 15) is 9.18 Å². The summed E-state index contributed by atoms with van der Waals surface area (Å²) in [5.41, 5.74) is 2.67. The Morgan fingerprint density at radius 2 is 2.15 bits per heavy atom. The summed E-state index contributed by atoms with van der Waals surface area (Å²) >= 11 is 0. The molecule has 1 N–H and O–H groups in total. The summed E-state index contributed by atoms with van der Waals surface area (Å²) in [5.74, 6) is -0.511. The monoisotopic (exact) mass is 352 g/mol. The van der Waals surface area contributed by atoms with Crippen LogP contribution in [0, 0.1) is 5.82 Å². The smallest absolute Gasteiger partial charge is 0.268 e. The molecule has 1 amide bonds. The number of nitrogens with zero attached hydrogens (tertiary/aromatic N) is 3. The molecule has 0 bridgehead atoms. The van der Waals surface area contributed by atoms with Gasteiger partial charge in [-0.25, -0.2) is 4.39 Å². The number of rotatable bonds is 6. The molecular weight excluding hydrogens is 335 g/mol. The second kappa shape index (κ2) is 6.87. The molecule has 0 spiro atoms. The quantitative estimate of drug-likeness (QED) is 0.580. The number of benzene rings is 1. The zero-order valence-electron chi connectivity index (χ0n) is 13.9. The van der Waals surface area contributed by atoms with E-state index in [1.807, 2.05) is 22.9 Å². The third kappa shape index (κ3) is 3.23. The molecule has 0 aliphatic carbocycles. The highest BCUT2D eigenvalue weighted by atomic mass is 19.1. The van der Waals surface area contributed by atoms with Gasteiger partial charge in [0.25, 0.3) is 5.91 Å². The van der Waals surface area contributed by atoms with Gasteiger partial charge in [0.2, 0.25) is 0 Å². The summed E-state index contributed by atoms with van der Waals surface area (Å²) in [6.07, 6.45) is 5.11. The van der Waals surface area contributed by atoms with Gasteiger partial charge in [0.1, 0.15) is 11.5 Å². The van der Waals surface area contributed by atoms with Crippen molar-refractivity contribution in [1.29, 1.82) is 0 Å². The van der Waals surface area contributed by atoms with Crippen LogP contribution in [0.3, 0.4) is 0 Å². The van der Waals surface area contributed by atoms with Crippen molar-refractivity contribution in [2.24, 2.45) is 0 Å². The average molecular weight is 352 g/mol. The van der Waals surface area contributed by atoms with Crippen molar-refractivity contribution in [2.75, 3.05) is 6.54 Å². The minimum atomic E-state index is -0.302. The second-order valence-corrected chi connectivity index (χ2v) is 5.94. The summed E-state index contributed by atoms with van der Waals surface area (Å²) < 4.78 is 22.5. The average Bonchev–Trinajstić information content (AvgIpc) is 3.34. The first-order chi connectivity index (χ1) is 12.7. The Kier molecular flexibility index (Phi) is 4.27. The van der Waals surface area contributed by atoms with E-state index in [0.29, 0.717) is 30.9 Å². The van der Waals surface area contributed by atoms with Gasteiger partial charge < -0.3 is 14.3 Å². The number of carbonyl (C=O) groups excluding carboxylic acids is 1. The van der Waals surface area contributed by atoms with E-state index in [4.69, 9.17) is 4.42 Å². The highest BCUT2D eigenvalue weighted by molar-refractivity contribution is 5.97. The van der Waals surface area contributed by atoms with E-state index in [1.54, 1.807) is 35.3 Å². The number of carbonyl (C=O) groups is 1. The van der Waals surface area contributed by atoms with E-state index in [-0.39, 0.29) is 11.7 Å². The standard InChI is InChI=1S/C19H17FN4O2/c20-15-4-1-3-14(11-15)13-24-16-5-10-26-18(16)12-17(24)19(25)21-7-9-23-8-2-6-22-23/h1-6,8,10-12H,7,9,13H2,(H,21,25). The molecule has 7 heteroatoms. The molecule has 4 aromatic rings. The molecule has 0 atom stereocenters. The number of aromatic nitrogens is 3. The summed E-state index contributed by atoms with van der Waals surface area (Å²) in [4.78, 5) is 12.6. The number of hydrogen-bond donors (Lipinski definition) is 1. The topological polar surface area (TPSA) is 65.0 Å². The molecule has 4 rings (SSSR count). The SMILES string of the molecule is O=C(NCCn1cccn1)c1cc2occc2n1Cc1cccc(F)c1. The van der Waals surface area contributed by atoms with Crippen molar-refractivity contribution in [3.05, 3.63) is 78.2 Å². The van der Waals surface area contributed by atoms with Crippen molar-refractivity contribution in [1.82, 2.24) is 19.7 Å². The Morgan fingerprint density at radius 1 is 1.23 bits per heavy atom. The minimum absolute atomic E-state index is 0.208. The van der Waals surface area contributed by atoms with E-state index in [1.165, 1.54) is 12.1 Å². The molecule has 26 heavy (non-hydrogen) atoms. The lowest BCUT2D eigenvalue weighted by Gasteiger charge is -2.11. The third-order valence-corrected chi connectivity index (χ3v) is 4.17. The van der Waals surface area contributed by atoms with Crippen LogP contribution in [0.4, 0.5) is 4.39 Å². The normalized spacial score (nSPS) is 11.1. The van der Waals surface area contributed by atoms with Gasteiger partial charge in [-0.3, -0.25) is 9.48 Å². The van der Waals surface area contributed by atoms with E-state index in [0.717, 1.165) is 11.1 Å². The summed E-state index contributed by atoms with van der Waals surface area (Å²) in [6.45, 7) is 1.41. The fourth-order valence-electron chi connectivity index (χ4n) is 2.96. The van der Waals surface area contributed by atoms with Crippen LogP contribution in [0.5, 0.6) is 0 Å². The van der Waals surface area contributed by atoms with Gasteiger partial charge in [-0.05, 0) is 23.8 Å². The molecule has 0 saturated carbocycles.